The number of hydrogen-bond donors (Lipinski definition) is 1. The van der Waals surface area contributed by atoms with Crippen molar-refractivity contribution in [2.75, 3.05) is 6.54 Å². The minimum Gasteiger partial charge on any atom is -0.352 e. The Morgan fingerprint density at radius 3 is 2.69 bits per heavy atom. The molecule has 5 heteroatoms. The molecule has 1 amide bonds. The lowest BCUT2D eigenvalue weighted by atomic mass is 9.93. The van der Waals surface area contributed by atoms with Gasteiger partial charge in [-0.25, -0.2) is 0 Å². The van der Waals surface area contributed by atoms with Gasteiger partial charge in [-0.2, -0.15) is 4.98 Å². The van der Waals surface area contributed by atoms with Crippen LogP contribution in [0.15, 0.2) is 28.8 Å². The molecule has 1 heterocycles. The van der Waals surface area contributed by atoms with Crippen molar-refractivity contribution in [1.82, 2.24) is 15.5 Å². The van der Waals surface area contributed by atoms with Crippen LogP contribution in [0.4, 0.5) is 0 Å². The summed E-state index contributed by atoms with van der Waals surface area (Å²) in [5.74, 6) is 2.64. The summed E-state index contributed by atoms with van der Waals surface area (Å²) in [6, 6.07) is 7.39. The van der Waals surface area contributed by atoms with Crippen LogP contribution in [0.2, 0.25) is 0 Å². The molecule has 0 radical (unpaired) electrons. The van der Waals surface area contributed by atoms with Crippen molar-refractivity contribution in [2.45, 2.75) is 58.8 Å². The van der Waals surface area contributed by atoms with Crippen molar-refractivity contribution in [3.63, 3.8) is 0 Å². The Kier molecular flexibility index (Phi) is 6.42. The van der Waals surface area contributed by atoms with Crippen LogP contribution < -0.4 is 5.32 Å². The van der Waals surface area contributed by atoms with E-state index in [1.54, 1.807) is 0 Å². The van der Waals surface area contributed by atoms with E-state index in [2.05, 4.69) is 29.3 Å². The van der Waals surface area contributed by atoms with Gasteiger partial charge in [-0.05, 0) is 48.9 Å². The van der Waals surface area contributed by atoms with Gasteiger partial charge in [0.15, 0.2) is 5.82 Å². The van der Waals surface area contributed by atoms with Gasteiger partial charge in [-0.15, -0.1) is 0 Å². The van der Waals surface area contributed by atoms with E-state index in [0.717, 1.165) is 43.1 Å². The van der Waals surface area contributed by atoms with Crippen LogP contribution in [0.5, 0.6) is 0 Å². The van der Waals surface area contributed by atoms with E-state index >= 15 is 0 Å². The normalized spacial score (nSPS) is 19.6. The van der Waals surface area contributed by atoms with Gasteiger partial charge < -0.3 is 9.84 Å². The van der Waals surface area contributed by atoms with Crippen LogP contribution in [0.1, 0.15) is 68.6 Å². The summed E-state index contributed by atoms with van der Waals surface area (Å²) in [6.07, 6.45) is 8.02. The van der Waals surface area contributed by atoms with Gasteiger partial charge in [0.1, 0.15) is 0 Å². The van der Waals surface area contributed by atoms with E-state index in [1.165, 1.54) is 25.7 Å². The number of carbonyl (C=O) groups excluding carboxylic acids is 1. The van der Waals surface area contributed by atoms with Gasteiger partial charge in [0.25, 0.3) is 11.8 Å². The van der Waals surface area contributed by atoms with E-state index in [9.17, 15) is 4.79 Å². The summed E-state index contributed by atoms with van der Waals surface area (Å²) in [6.45, 7) is 5.16. The topological polar surface area (TPSA) is 68.0 Å². The lowest BCUT2D eigenvalue weighted by Gasteiger charge is -2.18. The molecule has 0 aliphatic heterocycles. The first kappa shape index (κ1) is 18.6. The van der Waals surface area contributed by atoms with E-state index in [-0.39, 0.29) is 5.91 Å². The molecule has 1 aliphatic rings. The monoisotopic (exact) mass is 355 g/mol. The number of aromatic nitrogens is 2. The lowest BCUT2D eigenvalue weighted by molar-refractivity contribution is 0.0943. The van der Waals surface area contributed by atoms with Gasteiger partial charge in [0, 0.05) is 24.1 Å². The Balaban J connectivity index is 1.56. The minimum atomic E-state index is -0.00698. The van der Waals surface area contributed by atoms with Crippen molar-refractivity contribution in [2.24, 2.45) is 11.8 Å². The largest absolute Gasteiger partial charge is 0.352 e. The quantitative estimate of drug-likeness (QED) is 0.749. The van der Waals surface area contributed by atoms with Crippen LogP contribution in [0.3, 0.4) is 0 Å². The van der Waals surface area contributed by atoms with E-state index in [4.69, 9.17) is 4.52 Å². The molecule has 26 heavy (non-hydrogen) atoms. The molecule has 1 fully saturated rings. The molecule has 5 nitrogen and oxygen atoms in total. The molecule has 0 bridgehead atoms. The fraction of sp³-hybridized carbons (Fsp3) is 0.571. The smallest absolute Gasteiger partial charge is 0.257 e. The SMILES string of the molecule is CCCCc1noc(-c2ccc(C(=O)NCC3CCCC3CC)cc2)n1. The number of amides is 1. The summed E-state index contributed by atoms with van der Waals surface area (Å²) >= 11 is 0. The first-order valence-electron chi connectivity index (χ1n) is 9.92. The van der Waals surface area contributed by atoms with Crippen molar-refractivity contribution in [3.05, 3.63) is 35.7 Å². The maximum atomic E-state index is 12.4. The summed E-state index contributed by atoms with van der Waals surface area (Å²) in [4.78, 5) is 16.8. The number of nitrogens with one attached hydrogen (secondary N) is 1. The molecule has 0 spiro atoms. The number of aryl methyl sites for hydroxylation is 1. The molecule has 1 aromatic heterocycles. The Bertz CT molecular complexity index is 708. The first-order valence-corrected chi connectivity index (χ1v) is 9.92. The summed E-state index contributed by atoms with van der Waals surface area (Å²) in [7, 11) is 0. The predicted octanol–water partition coefficient (Wildman–Crippen LogP) is 4.64. The number of nitrogens with zero attached hydrogens (tertiary/aromatic N) is 2. The number of benzene rings is 1. The molecule has 0 saturated heterocycles. The van der Waals surface area contributed by atoms with E-state index in [1.807, 2.05) is 24.3 Å². The predicted molar refractivity (Wildman–Crippen MR) is 102 cm³/mol. The van der Waals surface area contributed by atoms with Crippen molar-refractivity contribution >= 4 is 5.91 Å². The molecular weight excluding hydrogens is 326 g/mol. The van der Waals surface area contributed by atoms with Gasteiger partial charge in [-0.1, -0.05) is 44.7 Å². The van der Waals surface area contributed by atoms with Crippen molar-refractivity contribution in [3.8, 4) is 11.5 Å². The Hall–Kier alpha value is -2.17. The Labute approximate surface area is 155 Å². The van der Waals surface area contributed by atoms with Crippen molar-refractivity contribution < 1.29 is 9.32 Å². The molecular formula is C21H29N3O2. The number of carbonyl (C=O) groups is 1. The van der Waals surface area contributed by atoms with E-state index in [0.29, 0.717) is 17.4 Å². The highest BCUT2D eigenvalue weighted by atomic mass is 16.5. The molecule has 140 valence electrons. The average molecular weight is 355 g/mol. The standard InChI is InChI=1S/C21H29N3O2/c1-3-5-9-19-23-21(26-24-19)17-12-10-16(11-13-17)20(25)22-14-18-8-6-7-15(18)4-2/h10-13,15,18H,3-9,14H2,1-2H3,(H,22,25). The Morgan fingerprint density at radius 2 is 1.96 bits per heavy atom. The third kappa shape index (κ3) is 4.51. The average Bonchev–Trinajstić information content (AvgIpc) is 3.33. The second kappa shape index (κ2) is 8.97. The first-order chi connectivity index (χ1) is 12.7. The van der Waals surface area contributed by atoms with Crippen LogP contribution >= 0.6 is 0 Å². The third-order valence-corrected chi connectivity index (χ3v) is 5.48. The van der Waals surface area contributed by atoms with Crippen molar-refractivity contribution in [1.29, 1.82) is 0 Å². The zero-order valence-corrected chi connectivity index (χ0v) is 15.8. The summed E-state index contributed by atoms with van der Waals surface area (Å²) in [5, 5.41) is 7.11. The second-order valence-corrected chi connectivity index (χ2v) is 7.27. The fourth-order valence-electron chi connectivity index (χ4n) is 3.82. The molecule has 1 aliphatic carbocycles. The molecule has 2 unspecified atom stereocenters. The van der Waals surface area contributed by atoms with Gasteiger partial charge in [0.05, 0.1) is 0 Å². The van der Waals surface area contributed by atoms with Crippen LogP contribution in [-0.4, -0.2) is 22.6 Å². The molecule has 1 N–H and O–H groups in total. The lowest BCUT2D eigenvalue weighted by Crippen LogP contribution is -2.30. The molecule has 2 aromatic rings. The Morgan fingerprint density at radius 1 is 1.19 bits per heavy atom. The number of hydrogen-bond acceptors (Lipinski definition) is 4. The molecule has 3 rings (SSSR count). The van der Waals surface area contributed by atoms with Crippen LogP contribution in [0, 0.1) is 11.8 Å². The zero-order valence-electron chi connectivity index (χ0n) is 15.8. The minimum absolute atomic E-state index is 0.00698. The maximum absolute atomic E-state index is 12.4. The highest BCUT2D eigenvalue weighted by Crippen LogP contribution is 2.33. The summed E-state index contributed by atoms with van der Waals surface area (Å²) < 4.78 is 5.33. The zero-order chi connectivity index (χ0) is 18.4. The maximum Gasteiger partial charge on any atom is 0.257 e. The number of rotatable bonds is 8. The highest BCUT2D eigenvalue weighted by Gasteiger charge is 2.25. The second-order valence-electron chi connectivity index (χ2n) is 7.27. The molecule has 1 aromatic carbocycles. The number of unbranched alkanes of at least 4 members (excludes halogenated alkanes) is 1. The molecule has 1 saturated carbocycles. The van der Waals surface area contributed by atoms with Gasteiger partial charge in [-0.3, -0.25) is 4.79 Å². The van der Waals surface area contributed by atoms with Crippen LogP contribution in [-0.2, 0) is 6.42 Å². The highest BCUT2D eigenvalue weighted by molar-refractivity contribution is 5.94. The van der Waals surface area contributed by atoms with E-state index < -0.39 is 0 Å². The van der Waals surface area contributed by atoms with Gasteiger partial charge in [0.2, 0.25) is 0 Å². The summed E-state index contributed by atoms with van der Waals surface area (Å²) in [5.41, 5.74) is 1.52. The molecule has 2 atom stereocenters. The third-order valence-electron chi connectivity index (χ3n) is 5.48. The van der Waals surface area contributed by atoms with Gasteiger partial charge >= 0.3 is 0 Å². The fourth-order valence-corrected chi connectivity index (χ4v) is 3.82. The van der Waals surface area contributed by atoms with Crippen LogP contribution in [0.25, 0.3) is 11.5 Å².